The summed E-state index contributed by atoms with van der Waals surface area (Å²) in [4.78, 5) is 0. The smallest absolute Gasteiger partial charge is 0.104 e. The summed E-state index contributed by atoms with van der Waals surface area (Å²) in [5.41, 5.74) is 0. The quantitative estimate of drug-likeness (QED) is 0.0561. The van der Waals surface area contributed by atoms with Crippen LogP contribution in [0.4, 0.5) is 0 Å². The molecule has 3 nitrogen and oxygen atoms in total. The van der Waals surface area contributed by atoms with Crippen LogP contribution in [0.1, 0.15) is 168 Å². The van der Waals surface area contributed by atoms with Gasteiger partial charge in [-0.1, -0.05) is 171 Å². The minimum absolute atomic E-state index is 0.0732. The second-order valence-corrected chi connectivity index (χ2v) is 11.9. The van der Waals surface area contributed by atoms with E-state index in [1.54, 1.807) is 0 Å². The molecule has 0 amide bonds. The topological polar surface area (TPSA) is 27.7 Å². The summed E-state index contributed by atoms with van der Waals surface area (Å²) in [6.45, 7) is 8.31. The number of rotatable bonds is 33. The van der Waals surface area contributed by atoms with Crippen LogP contribution in [-0.4, -0.2) is 44.5 Å². The van der Waals surface area contributed by atoms with E-state index in [9.17, 15) is 0 Å². The molecule has 0 aliphatic rings. The maximum Gasteiger partial charge on any atom is 0.104 e. The van der Waals surface area contributed by atoms with Crippen molar-refractivity contribution >= 4 is 15.9 Å². The summed E-state index contributed by atoms with van der Waals surface area (Å²) < 4.78 is 17.8. The molecule has 0 aromatic heterocycles. The number of unbranched alkanes of at least 4 members (excludes halogenated alkanes) is 22. The first-order chi connectivity index (χ1) is 18.3. The van der Waals surface area contributed by atoms with E-state index in [0.29, 0.717) is 13.2 Å². The Labute approximate surface area is 242 Å². The zero-order valence-electron chi connectivity index (χ0n) is 25.4. The van der Waals surface area contributed by atoms with Gasteiger partial charge in [0.2, 0.25) is 0 Å². The molecule has 1 atom stereocenters. The van der Waals surface area contributed by atoms with Crippen molar-refractivity contribution in [1.82, 2.24) is 0 Å². The van der Waals surface area contributed by atoms with Gasteiger partial charge in [-0.15, -0.1) is 0 Å². The van der Waals surface area contributed by atoms with Gasteiger partial charge in [0.1, 0.15) is 6.10 Å². The average molecular weight is 592 g/mol. The minimum atomic E-state index is 0.0732. The summed E-state index contributed by atoms with van der Waals surface area (Å²) in [6, 6.07) is 0. The van der Waals surface area contributed by atoms with E-state index in [1.807, 2.05) is 0 Å². The van der Waals surface area contributed by atoms with Crippen molar-refractivity contribution in [1.29, 1.82) is 0 Å². The van der Waals surface area contributed by atoms with Crippen LogP contribution in [0.25, 0.3) is 0 Å². The first kappa shape index (κ1) is 37.4. The Balaban J connectivity index is 3.56. The lowest BCUT2D eigenvalue weighted by molar-refractivity contribution is -0.0589. The van der Waals surface area contributed by atoms with E-state index >= 15 is 0 Å². The maximum atomic E-state index is 6.13. The highest BCUT2D eigenvalue weighted by atomic mass is 79.9. The molecule has 0 saturated carbocycles. The Kier molecular flexibility index (Phi) is 34.7. The molecule has 1 unspecified atom stereocenters. The van der Waals surface area contributed by atoms with Crippen LogP contribution >= 0.6 is 15.9 Å². The fraction of sp³-hybridized carbons (Fsp3) is 1.00. The van der Waals surface area contributed by atoms with E-state index in [0.717, 1.165) is 31.6 Å². The fourth-order valence-electron chi connectivity index (χ4n) is 4.87. The molecule has 0 saturated heterocycles. The van der Waals surface area contributed by atoms with Gasteiger partial charge in [0.15, 0.2) is 0 Å². The van der Waals surface area contributed by atoms with Gasteiger partial charge in [-0.3, -0.25) is 0 Å². The molecule has 0 bridgehead atoms. The molecule has 0 fully saturated rings. The fourth-order valence-corrected chi connectivity index (χ4v) is 5.10. The van der Waals surface area contributed by atoms with Crippen molar-refractivity contribution in [2.24, 2.45) is 0 Å². The summed E-state index contributed by atoms with van der Waals surface area (Å²) in [5.74, 6) is 0. The van der Waals surface area contributed by atoms with E-state index < -0.39 is 0 Å². The van der Waals surface area contributed by atoms with E-state index in [1.165, 1.54) is 148 Å². The van der Waals surface area contributed by atoms with Crippen LogP contribution < -0.4 is 0 Å². The van der Waals surface area contributed by atoms with Gasteiger partial charge in [-0.25, -0.2) is 0 Å². The SMILES string of the molecule is CCCCCCCCCCCCCCOCC(COCCBr)OCCCCCCCCCCCCCC. The maximum absolute atomic E-state index is 6.13. The monoisotopic (exact) mass is 590 g/mol. The molecule has 0 aromatic carbocycles. The van der Waals surface area contributed by atoms with Gasteiger partial charge in [0, 0.05) is 18.5 Å². The third-order valence-electron chi connectivity index (χ3n) is 7.32. The Morgan fingerprint density at radius 2 is 0.730 bits per heavy atom. The molecule has 4 heteroatoms. The van der Waals surface area contributed by atoms with Gasteiger partial charge in [0.25, 0.3) is 0 Å². The lowest BCUT2D eigenvalue weighted by atomic mass is 10.1. The van der Waals surface area contributed by atoms with Crippen LogP contribution in [0.5, 0.6) is 0 Å². The number of halogens is 1. The molecule has 0 rings (SSSR count). The average Bonchev–Trinajstić information content (AvgIpc) is 2.91. The summed E-state index contributed by atoms with van der Waals surface area (Å²) in [6.07, 6.45) is 33.1. The standard InChI is InChI=1S/C33H67BrO3/c1-3-5-7-9-11-13-15-17-19-21-23-25-28-35-31-33(32-36-30-27-34)37-29-26-24-22-20-18-16-14-12-10-8-6-4-2/h33H,3-32H2,1-2H3. The molecule has 0 aliphatic heterocycles. The van der Waals surface area contributed by atoms with Gasteiger partial charge < -0.3 is 14.2 Å². The Hall–Kier alpha value is 0.360. The second-order valence-electron chi connectivity index (χ2n) is 11.1. The second kappa shape index (κ2) is 34.4. The molecular weight excluding hydrogens is 524 g/mol. The van der Waals surface area contributed by atoms with E-state index in [4.69, 9.17) is 14.2 Å². The lowest BCUT2D eigenvalue weighted by Gasteiger charge is -2.18. The van der Waals surface area contributed by atoms with Gasteiger partial charge >= 0.3 is 0 Å². The van der Waals surface area contributed by atoms with Crippen LogP contribution in [-0.2, 0) is 14.2 Å². The molecule has 0 aromatic rings. The van der Waals surface area contributed by atoms with Crippen LogP contribution in [0.2, 0.25) is 0 Å². The summed E-state index contributed by atoms with van der Waals surface area (Å²) >= 11 is 3.44. The van der Waals surface area contributed by atoms with Gasteiger partial charge in [0.05, 0.1) is 19.8 Å². The number of ether oxygens (including phenoxy) is 3. The lowest BCUT2D eigenvalue weighted by Crippen LogP contribution is -2.27. The van der Waals surface area contributed by atoms with Gasteiger partial charge in [-0.05, 0) is 12.8 Å². The number of hydrogen-bond donors (Lipinski definition) is 0. The van der Waals surface area contributed by atoms with Crippen LogP contribution in [0.15, 0.2) is 0 Å². The van der Waals surface area contributed by atoms with E-state index in [-0.39, 0.29) is 6.10 Å². The summed E-state index contributed by atoms with van der Waals surface area (Å²) in [5, 5.41) is 0.873. The Bertz CT molecular complexity index is 394. The highest BCUT2D eigenvalue weighted by Gasteiger charge is 2.10. The van der Waals surface area contributed by atoms with Crippen LogP contribution in [0, 0.1) is 0 Å². The van der Waals surface area contributed by atoms with Crippen molar-refractivity contribution in [3.63, 3.8) is 0 Å². The zero-order valence-corrected chi connectivity index (χ0v) is 27.0. The Morgan fingerprint density at radius 3 is 1.11 bits per heavy atom. The first-order valence-corrected chi connectivity index (χ1v) is 17.8. The predicted octanol–water partition coefficient (Wildman–Crippen LogP) is 11.2. The molecule has 0 aliphatic carbocycles. The van der Waals surface area contributed by atoms with Crippen molar-refractivity contribution < 1.29 is 14.2 Å². The normalized spacial score (nSPS) is 12.4. The highest BCUT2D eigenvalue weighted by Crippen LogP contribution is 2.13. The molecule has 37 heavy (non-hydrogen) atoms. The third-order valence-corrected chi connectivity index (χ3v) is 7.65. The molecule has 0 heterocycles. The van der Waals surface area contributed by atoms with Crippen LogP contribution in [0.3, 0.4) is 0 Å². The summed E-state index contributed by atoms with van der Waals surface area (Å²) in [7, 11) is 0. The number of alkyl halides is 1. The van der Waals surface area contributed by atoms with E-state index in [2.05, 4.69) is 29.8 Å². The third kappa shape index (κ3) is 32.5. The Morgan fingerprint density at radius 1 is 0.405 bits per heavy atom. The highest BCUT2D eigenvalue weighted by molar-refractivity contribution is 9.09. The first-order valence-electron chi connectivity index (χ1n) is 16.7. The molecular formula is C33H67BrO3. The zero-order chi connectivity index (χ0) is 26.9. The minimum Gasteiger partial charge on any atom is -0.379 e. The molecule has 0 N–H and O–H groups in total. The van der Waals surface area contributed by atoms with Crippen molar-refractivity contribution in [2.75, 3.05) is 38.4 Å². The molecule has 0 spiro atoms. The molecule has 0 radical (unpaired) electrons. The molecule has 224 valence electrons. The predicted molar refractivity (Wildman–Crippen MR) is 167 cm³/mol. The van der Waals surface area contributed by atoms with Crippen molar-refractivity contribution in [2.45, 2.75) is 174 Å². The van der Waals surface area contributed by atoms with Crippen molar-refractivity contribution in [3.8, 4) is 0 Å². The van der Waals surface area contributed by atoms with Gasteiger partial charge in [-0.2, -0.15) is 0 Å². The number of hydrogen-bond acceptors (Lipinski definition) is 3. The van der Waals surface area contributed by atoms with Crippen molar-refractivity contribution in [3.05, 3.63) is 0 Å². The largest absolute Gasteiger partial charge is 0.379 e.